The van der Waals surface area contributed by atoms with Gasteiger partial charge in [0.1, 0.15) is 6.04 Å². The molecular weight excluding hydrogens is 314 g/mol. The molecule has 2 rings (SSSR count). The summed E-state index contributed by atoms with van der Waals surface area (Å²) in [5, 5.41) is 0. The molecular formula is C16H25N3O3S. The van der Waals surface area contributed by atoms with Crippen molar-refractivity contribution >= 4 is 15.9 Å². The Balaban J connectivity index is 1.98. The van der Waals surface area contributed by atoms with Crippen molar-refractivity contribution in [2.45, 2.75) is 38.6 Å². The number of hydrogen-bond donors (Lipinski definition) is 0. The second-order valence-corrected chi connectivity index (χ2v) is 7.96. The van der Waals surface area contributed by atoms with Crippen LogP contribution in [0.3, 0.4) is 0 Å². The molecule has 1 aromatic rings. The van der Waals surface area contributed by atoms with Crippen molar-refractivity contribution < 1.29 is 13.2 Å². The molecule has 0 aliphatic carbocycles. The molecule has 1 amide bonds. The van der Waals surface area contributed by atoms with E-state index in [1.54, 1.807) is 18.1 Å². The fraction of sp³-hybridized carbons (Fsp3) is 0.625. The minimum atomic E-state index is -3.33. The van der Waals surface area contributed by atoms with Crippen molar-refractivity contribution in [3.05, 3.63) is 30.1 Å². The molecule has 0 N–H and O–H groups in total. The van der Waals surface area contributed by atoms with Crippen LogP contribution < -0.4 is 0 Å². The lowest BCUT2D eigenvalue weighted by molar-refractivity contribution is -0.133. The van der Waals surface area contributed by atoms with E-state index in [1.165, 1.54) is 4.31 Å². The standard InChI is InChI=1S/C16H25N3O3S/c1-3-13-23(21,22)19-11-6-8-15(19)16(20)18(2)12-9-14-7-4-5-10-17-14/h4-5,7,10,15H,3,6,8-9,11-13H2,1-2H3. The van der Waals surface area contributed by atoms with E-state index in [-0.39, 0.29) is 11.7 Å². The van der Waals surface area contributed by atoms with E-state index in [1.807, 2.05) is 25.1 Å². The highest BCUT2D eigenvalue weighted by Crippen LogP contribution is 2.23. The highest BCUT2D eigenvalue weighted by molar-refractivity contribution is 7.89. The number of pyridine rings is 1. The van der Waals surface area contributed by atoms with Gasteiger partial charge in [-0.1, -0.05) is 13.0 Å². The highest BCUT2D eigenvalue weighted by Gasteiger charge is 2.39. The molecule has 1 fully saturated rings. The minimum absolute atomic E-state index is 0.106. The van der Waals surface area contributed by atoms with Crippen molar-refractivity contribution in [2.24, 2.45) is 0 Å². The Morgan fingerprint density at radius 1 is 1.43 bits per heavy atom. The van der Waals surface area contributed by atoms with E-state index in [0.717, 1.165) is 12.1 Å². The normalized spacial score (nSPS) is 19.0. The lowest BCUT2D eigenvalue weighted by Crippen LogP contribution is -2.47. The van der Waals surface area contributed by atoms with E-state index in [4.69, 9.17) is 0 Å². The van der Waals surface area contributed by atoms with Crippen molar-refractivity contribution in [1.29, 1.82) is 0 Å². The van der Waals surface area contributed by atoms with Gasteiger partial charge in [-0.25, -0.2) is 8.42 Å². The van der Waals surface area contributed by atoms with Gasteiger partial charge in [0.25, 0.3) is 0 Å². The molecule has 1 unspecified atom stereocenters. The van der Waals surface area contributed by atoms with Gasteiger partial charge in [-0.15, -0.1) is 0 Å². The zero-order valence-corrected chi connectivity index (χ0v) is 14.6. The van der Waals surface area contributed by atoms with Gasteiger partial charge in [0.05, 0.1) is 5.75 Å². The Morgan fingerprint density at radius 2 is 2.22 bits per heavy atom. The van der Waals surface area contributed by atoms with Crippen molar-refractivity contribution in [3.63, 3.8) is 0 Å². The lowest BCUT2D eigenvalue weighted by Gasteiger charge is -2.27. The number of nitrogens with zero attached hydrogens (tertiary/aromatic N) is 3. The summed E-state index contributed by atoms with van der Waals surface area (Å²) in [6.45, 7) is 2.82. The van der Waals surface area contributed by atoms with E-state index >= 15 is 0 Å². The third kappa shape index (κ3) is 4.51. The molecule has 1 atom stereocenters. The zero-order chi connectivity index (χ0) is 16.9. The van der Waals surface area contributed by atoms with Crippen LogP contribution in [0.2, 0.25) is 0 Å². The lowest BCUT2D eigenvalue weighted by atomic mass is 10.2. The van der Waals surface area contributed by atoms with Crippen LogP contribution in [0, 0.1) is 0 Å². The summed E-state index contributed by atoms with van der Waals surface area (Å²) in [6.07, 6.45) is 4.31. The SMILES string of the molecule is CCCS(=O)(=O)N1CCCC1C(=O)N(C)CCc1ccccn1. The second-order valence-electron chi connectivity index (χ2n) is 5.92. The van der Waals surface area contributed by atoms with Crippen molar-refractivity contribution in [3.8, 4) is 0 Å². The molecule has 7 heteroatoms. The highest BCUT2D eigenvalue weighted by atomic mass is 32.2. The first kappa shape index (κ1) is 17.9. The maximum atomic E-state index is 12.6. The number of rotatable bonds is 7. The van der Waals surface area contributed by atoms with Gasteiger partial charge in [0.2, 0.25) is 15.9 Å². The van der Waals surface area contributed by atoms with E-state index in [2.05, 4.69) is 4.98 Å². The van der Waals surface area contributed by atoms with Crippen LogP contribution in [0.5, 0.6) is 0 Å². The van der Waals surface area contributed by atoms with Crippen molar-refractivity contribution in [2.75, 3.05) is 25.9 Å². The maximum absolute atomic E-state index is 12.6. The predicted octanol–water partition coefficient (Wildman–Crippen LogP) is 1.29. The number of aromatic nitrogens is 1. The summed E-state index contributed by atoms with van der Waals surface area (Å²) in [5.41, 5.74) is 0.925. The molecule has 1 aromatic heterocycles. The number of likely N-dealkylation sites (N-methyl/N-ethyl adjacent to an activating group) is 1. The topological polar surface area (TPSA) is 70.6 Å². The average Bonchev–Trinajstić information content (AvgIpc) is 3.03. The van der Waals surface area contributed by atoms with E-state index < -0.39 is 16.1 Å². The number of carbonyl (C=O) groups excluding carboxylic acids is 1. The van der Waals surface area contributed by atoms with Crippen LogP contribution >= 0.6 is 0 Å². The van der Waals surface area contributed by atoms with E-state index in [9.17, 15) is 13.2 Å². The molecule has 6 nitrogen and oxygen atoms in total. The molecule has 1 aliphatic rings. The number of amides is 1. The first-order valence-electron chi connectivity index (χ1n) is 8.10. The summed E-state index contributed by atoms with van der Waals surface area (Å²) >= 11 is 0. The Morgan fingerprint density at radius 3 is 2.87 bits per heavy atom. The minimum Gasteiger partial charge on any atom is -0.344 e. The Bertz CT molecular complexity index is 619. The Labute approximate surface area is 138 Å². The third-order valence-corrected chi connectivity index (χ3v) is 6.19. The number of sulfonamides is 1. The quantitative estimate of drug-likeness (QED) is 0.750. The summed E-state index contributed by atoms with van der Waals surface area (Å²) in [4.78, 5) is 18.5. The van der Waals surface area contributed by atoms with Gasteiger partial charge in [-0.05, 0) is 31.4 Å². The van der Waals surface area contributed by atoms with Gasteiger partial charge in [0, 0.05) is 38.4 Å². The molecule has 1 aliphatic heterocycles. The van der Waals surface area contributed by atoms with E-state index in [0.29, 0.717) is 32.4 Å². The number of carbonyl (C=O) groups is 1. The van der Waals surface area contributed by atoms with Gasteiger partial charge in [-0.2, -0.15) is 4.31 Å². The van der Waals surface area contributed by atoms with Crippen LogP contribution in [-0.4, -0.2) is 60.4 Å². The van der Waals surface area contributed by atoms with Crippen molar-refractivity contribution in [1.82, 2.24) is 14.2 Å². The monoisotopic (exact) mass is 339 g/mol. The van der Waals surface area contributed by atoms with Crippen LogP contribution in [0.1, 0.15) is 31.9 Å². The number of hydrogen-bond acceptors (Lipinski definition) is 4. The second kappa shape index (κ2) is 7.88. The fourth-order valence-corrected chi connectivity index (χ4v) is 4.63. The van der Waals surface area contributed by atoms with Gasteiger partial charge in [-0.3, -0.25) is 9.78 Å². The smallest absolute Gasteiger partial charge is 0.240 e. The molecule has 0 saturated carbocycles. The summed E-state index contributed by atoms with van der Waals surface area (Å²) < 4.78 is 26.0. The third-order valence-electron chi connectivity index (χ3n) is 4.11. The zero-order valence-electron chi connectivity index (χ0n) is 13.8. The van der Waals surface area contributed by atoms with Crippen LogP contribution in [-0.2, 0) is 21.2 Å². The molecule has 2 heterocycles. The van der Waals surface area contributed by atoms with Gasteiger partial charge in [0.15, 0.2) is 0 Å². The first-order valence-corrected chi connectivity index (χ1v) is 9.71. The molecule has 0 aromatic carbocycles. The Hall–Kier alpha value is -1.47. The Kier molecular flexibility index (Phi) is 6.12. The molecule has 0 bridgehead atoms. The van der Waals surface area contributed by atoms with Gasteiger partial charge < -0.3 is 4.90 Å². The van der Waals surface area contributed by atoms with Gasteiger partial charge >= 0.3 is 0 Å². The summed E-state index contributed by atoms with van der Waals surface area (Å²) in [5.74, 6) is -0.00728. The summed E-state index contributed by atoms with van der Waals surface area (Å²) in [7, 11) is -1.60. The molecule has 0 spiro atoms. The maximum Gasteiger partial charge on any atom is 0.240 e. The fourth-order valence-electron chi connectivity index (χ4n) is 2.89. The summed E-state index contributed by atoms with van der Waals surface area (Å²) in [6, 6.07) is 5.15. The largest absolute Gasteiger partial charge is 0.344 e. The molecule has 0 radical (unpaired) electrons. The molecule has 23 heavy (non-hydrogen) atoms. The van der Waals surface area contributed by atoms with Crippen LogP contribution in [0.4, 0.5) is 0 Å². The van der Waals surface area contributed by atoms with Crippen LogP contribution in [0.15, 0.2) is 24.4 Å². The first-order chi connectivity index (χ1) is 11.0. The predicted molar refractivity (Wildman–Crippen MR) is 89.4 cm³/mol. The van der Waals surface area contributed by atoms with Crippen LogP contribution in [0.25, 0.3) is 0 Å². The average molecular weight is 339 g/mol. The molecule has 1 saturated heterocycles. The molecule has 128 valence electrons.